The Hall–Kier alpha value is -2.40. The van der Waals surface area contributed by atoms with E-state index < -0.39 is 0 Å². The molecule has 3 heterocycles. The van der Waals surface area contributed by atoms with Crippen molar-refractivity contribution in [2.75, 3.05) is 0 Å². The molecule has 0 atom stereocenters. The van der Waals surface area contributed by atoms with E-state index in [1.165, 1.54) is 6.07 Å². The van der Waals surface area contributed by atoms with E-state index in [4.69, 9.17) is 11.6 Å². The van der Waals surface area contributed by atoms with E-state index in [2.05, 4.69) is 19.9 Å². The van der Waals surface area contributed by atoms with Crippen molar-refractivity contribution >= 4 is 11.6 Å². The fraction of sp³-hybridized carbons (Fsp3) is 0. The Bertz CT molecular complexity index is 764. The van der Waals surface area contributed by atoms with Crippen LogP contribution in [0.1, 0.15) is 0 Å². The molecule has 0 amide bonds. The summed E-state index contributed by atoms with van der Waals surface area (Å²) in [5, 5.41) is 0.272. The van der Waals surface area contributed by atoms with Crippen LogP contribution in [-0.2, 0) is 0 Å². The fourth-order valence-corrected chi connectivity index (χ4v) is 2.04. The summed E-state index contributed by atoms with van der Waals surface area (Å²) in [6.45, 7) is 0. The lowest BCUT2D eigenvalue weighted by Gasteiger charge is -2.01. The van der Waals surface area contributed by atoms with Gasteiger partial charge in [0.1, 0.15) is 0 Å². The molecule has 19 heavy (non-hydrogen) atoms. The molecule has 0 saturated carbocycles. The lowest BCUT2D eigenvalue weighted by atomic mass is 10.1. The minimum absolute atomic E-state index is 0.180. The van der Waals surface area contributed by atoms with E-state index in [9.17, 15) is 4.79 Å². The number of halogens is 1. The van der Waals surface area contributed by atoms with Crippen LogP contribution in [0, 0.1) is 0 Å². The smallest absolute Gasteiger partial charge is 0.248 e. The maximum absolute atomic E-state index is 11.4. The average molecular weight is 273 g/mol. The first-order valence-electron chi connectivity index (χ1n) is 5.59. The molecule has 0 aliphatic carbocycles. The third kappa shape index (κ3) is 2.28. The molecule has 3 aromatic rings. The Kier molecular flexibility index (Phi) is 2.89. The van der Waals surface area contributed by atoms with Gasteiger partial charge in [0.15, 0.2) is 0 Å². The topological polar surface area (TPSA) is 74.4 Å². The number of aromatic nitrogens is 4. The van der Waals surface area contributed by atoms with Crippen LogP contribution in [0.2, 0.25) is 5.28 Å². The van der Waals surface area contributed by atoms with Gasteiger partial charge in [0.2, 0.25) is 10.8 Å². The van der Waals surface area contributed by atoms with Crippen LogP contribution in [0.3, 0.4) is 0 Å². The lowest BCUT2D eigenvalue weighted by molar-refractivity contribution is 1.23. The van der Waals surface area contributed by atoms with Gasteiger partial charge in [-0.15, -0.1) is 0 Å². The summed E-state index contributed by atoms with van der Waals surface area (Å²) < 4.78 is 0. The van der Waals surface area contributed by atoms with Crippen LogP contribution in [0.5, 0.6) is 0 Å². The first kappa shape index (κ1) is 11.7. The molecule has 2 N–H and O–H groups in total. The van der Waals surface area contributed by atoms with Gasteiger partial charge in [-0.1, -0.05) is 0 Å². The van der Waals surface area contributed by atoms with Crippen molar-refractivity contribution in [1.29, 1.82) is 0 Å². The minimum atomic E-state index is -0.180. The number of imidazole rings is 1. The quantitative estimate of drug-likeness (QED) is 0.753. The molecule has 0 aliphatic heterocycles. The predicted octanol–water partition coefficient (Wildman–Crippen LogP) is 2.48. The van der Waals surface area contributed by atoms with Crippen LogP contribution >= 0.6 is 11.6 Å². The maximum atomic E-state index is 11.4. The minimum Gasteiger partial charge on any atom is -0.329 e. The average Bonchev–Trinajstić information content (AvgIpc) is 2.82. The van der Waals surface area contributed by atoms with Crippen molar-refractivity contribution in [2.45, 2.75) is 0 Å². The van der Waals surface area contributed by atoms with Gasteiger partial charge in [0.25, 0.3) is 0 Å². The summed E-state index contributed by atoms with van der Waals surface area (Å²) in [4.78, 5) is 25.2. The predicted molar refractivity (Wildman–Crippen MR) is 72.9 cm³/mol. The summed E-state index contributed by atoms with van der Waals surface area (Å²) in [6.07, 6.45) is 4.97. The third-order valence-corrected chi connectivity index (χ3v) is 2.85. The summed E-state index contributed by atoms with van der Waals surface area (Å²) >= 11 is 5.93. The van der Waals surface area contributed by atoms with Gasteiger partial charge in [-0.3, -0.25) is 9.78 Å². The highest BCUT2D eigenvalue weighted by Gasteiger charge is 2.13. The lowest BCUT2D eigenvalue weighted by Crippen LogP contribution is -2.02. The Morgan fingerprint density at radius 1 is 1.21 bits per heavy atom. The first-order valence-corrected chi connectivity index (χ1v) is 5.97. The number of hydrogen-bond acceptors (Lipinski definition) is 3. The Balaban J connectivity index is 2.20. The van der Waals surface area contributed by atoms with E-state index >= 15 is 0 Å². The molecule has 3 rings (SSSR count). The number of aromatic amines is 2. The second-order valence-electron chi connectivity index (χ2n) is 3.93. The molecular weight excluding hydrogens is 264 g/mol. The van der Waals surface area contributed by atoms with E-state index in [-0.39, 0.29) is 10.8 Å². The fourth-order valence-electron chi connectivity index (χ4n) is 1.87. The van der Waals surface area contributed by atoms with E-state index in [0.717, 1.165) is 11.1 Å². The molecule has 6 heteroatoms. The van der Waals surface area contributed by atoms with Crippen LogP contribution in [0.25, 0.3) is 22.5 Å². The zero-order valence-corrected chi connectivity index (χ0v) is 10.5. The molecule has 0 fully saturated rings. The highest BCUT2D eigenvalue weighted by Crippen LogP contribution is 2.29. The Labute approximate surface area is 113 Å². The Morgan fingerprint density at radius 2 is 2.11 bits per heavy atom. The SMILES string of the molecule is O=c1cc(-c2[nH]c(Cl)nc2-c2cccnc2)cc[nH]1. The zero-order valence-electron chi connectivity index (χ0n) is 9.72. The summed E-state index contributed by atoms with van der Waals surface area (Å²) in [5.74, 6) is 0. The molecule has 0 unspecified atom stereocenters. The highest BCUT2D eigenvalue weighted by atomic mass is 35.5. The van der Waals surface area contributed by atoms with Crippen LogP contribution in [0.4, 0.5) is 0 Å². The van der Waals surface area contributed by atoms with Gasteiger partial charge in [-0.05, 0) is 29.8 Å². The van der Waals surface area contributed by atoms with Crippen molar-refractivity contribution in [1.82, 2.24) is 19.9 Å². The monoisotopic (exact) mass is 272 g/mol. The van der Waals surface area contributed by atoms with Gasteiger partial charge in [0.05, 0.1) is 11.4 Å². The molecular formula is C13H9ClN4O. The van der Waals surface area contributed by atoms with Gasteiger partial charge in [0, 0.05) is 35.8 Å². The molecule has 0 aliphatic rings. The molecule has 0 radical (unpaired) electrons. The van der Waals surface area contributed by atoms with Crippen molar-refractivity contribution in [3.8, 4) is 22.5 Å². The largest absolute Gasteiger partial charge is 0.329 e. The zero-order chi connectivity index (χ0) is 13.2. The van der Waals surface area contributed by atoms with Crippen molar-refractivity contribution in [2.24, 2.45) is 0 Å². The van der Waals surface area contributed by atoms with E-state index in [1.807, 2.05) is 12.1 Å². The van der Waals surface area contributed by atoms with E-state index in [0.29, 0.717) is 11.4 Å². The molecule has 0 spiro atoms. The molecule has 94 valence electrons. The van der Waals surface area contributed by atoms with Crippen molar-refractivity contribution in [3.63, 3.8) is 0 Å². The molecule has 5 nitrogen and oxygen atoms in total. The second kappa shape index (κ2) is 4.70. The molecule has 3 aromatic heterocycles. The number of nitrogens with zero attached hydrogens (tertiary/aromatic N) is 2. The van der Waals surface area contributed by atoms with Crippen LogP contribution in [-0.4, -0.2) is 19.9 Å². The first-order chi connectivity index (χ1) is 9.24. The summed E-state index contributed by atoms with van der Waals surface area (Å²) in [5.41, 5.74) is 2.75. The van der Waals surface area contributed by atoms with E-state index in [1.54, 1.807) is 24.7 Å². The van der Waals surface area contributed by atoms with Crippen molar-refractivity contribution in [3.05, 3.63) is 58.5 Å². The Morgan fingerprint density at radius 3 is 2.84 bits per heavy atom. The van der Waals surface area contributed by atoms with Gasteiger partial charge in [-0.25, -0.2) is 4.98 Å². The van der Waals surface area contributed by atoms with Gasteiger partial charge in [-0.2, -0.15) is 0 Å². The molecule has 0 saturated heterocycles. The number of H-pyrrole nitrogens is 2. The van der Waals surface area contributed by atoms with Crippen LogP contribution in [0.15, 0.2) is 47.7 Å². The van der Waals surface area contributed by atoms with Gasteiger partial charge >= 0.3 is 0 Å². The normalized spacial score (nSPS) is 10.6. The molecule has 0 aromatic carbocycles. The number of rotatable bonds is 2. The summed E-state index contributed by atoms with van der Waals surface area (Å²) in [7, 11) is 0. The van der Waals surface area contributed by atoms with Crippen LogP contribution < -0.4 is 5.56 Å². The third-order valence-electron chi connectivity index (χ3n) is 2.67. The van der Waals surface area contributed by atoms with Gasteiger partial charge < -0.3 is 9.97 Å². The number of hydrogen-bond donors (Lipinski definition) is 2. The highest BCUT2D eigenvalue weighted by molar-refractivity contribution is 6.28. The number of pyridine rings is 2. The maximum Gasteiger partial charge on any atom is 0.248 e. The standard InChI is InChI=1S/C13H9ClN4O/c14-13-17-11(8-3-5-16-10(19)6-8)12(18-13)9-2-1-4-15-7-9/h1-7H,(H,16,19)(H,17,18). The van der Waals surface area contributed by atoms with Crippen molar-refractivity contribution < 1.29 is 0 Å². The summed E-state index contributed by atoms with van der Waals surface area (Å²) in [6, 6.07) is 6.98. The molecule has 0 bridgehead atoms. The second-order valence-corrected chi connectivity index (χ2v) is 4.29. The number of nitrogens with one attached hydrogen (secondary N) is 2.